The lowest BCUT2D eigenvalue weighted by atomic mass is 9.87. The van der Waals surface area contributed by atoms with E-state index in [2.05, 4.69) is 83.2 Å². The Bertz CT molecular complexity index is 1630. The number of hydrogen-bond acceptors (Lipinski definition) is 8. The third kappa shape index (κ3) is 16.6. The van der Waals surface area contributed by atoms with Crippen LogP contribution in [0.3, 0.4) is 0 Å². The molecule has 14 heteroatoms. The van der Waals surface area contributed by atoms with E-state index in [4.69, 9.17) is 0 Å². The van der Waals surface area contributed by atoms with Gasteiger partial charge in [-0.15, -0.1) is 0 Å². The lowest BCUT2D eigenvalue weighted by Gasteiger charge is -2.42. The highest BCUT2D eigenvalue weighted by atomic mass is 16.2. The standard InChI is InChI=1S/C55H98N8O6/c1-10-44(11-2)58-50(64)36-42-20-26-60(27-21-42)55(69)49(63-31-24-56-46(52(63)66)32-38(4)5)35-41(9)19-18-40(8)34-47-53(67)62(30-25-57-47)48(33-39(6)7)54(68)59-28-22-43(23-29-59)37-51(65)61(12-3)45-16-14-13-15-17-45/h38-49,56-57H,10-37H2,1-9H3,(H,58,64)/t40?,41?,46-,47-,48-,49-/m0/s1. The van der Waals surface area contributed by atoms with Gasteiger partial charge in [0.15, 0.2) is 0 Å². The van der Waals surface area contributed by atoms with Crippen molar-refractivity contribution in [3.05, 3.63) is 0 Å². The molecule has 4 aliphatic heterocycles. The number of rotatable bonds is 24. The molecule has 5 fully saturated rings. The highest BCUT2D eigenvalue weighted by Crippen LogP contribution is 2.31. The van der Waals surface area contributed by atoms with Crippen molar-refractivity contribution >= 4 is 35.4 Å². The molecular weight excluding hydrogens is 869 g/mol. The second-order valence-electron chi connectivity index (χ2n) is 23.1. The van der Waals surface area contributed by atoms with Crippen LogP contribution in [0.15, 0.2) is 0 Å². The maximum absolute atomic E-state index is 14.6. The van der Waals surface area contributed by atoms with E-state index in [0.29, 0.717) is 96.4 Å². The predicted octanol–water partition coefficient (Wildman–Crippen LogP) is 6.99. The Balaban J connectivity index is 1.15. The summed E-state index contributed by atoms with van der Waals surface area (Å²) in [5, 5.41) is 10.1. The minimum atomic E-state index is -0.536. The monoisotopic (exact) mass is 967 g/mol. The van der Waals surface area contributed by atoms with Gasteiger partial charge in [0.1, 0.15) is 12.1 Å². The lowest BCUT2D eigenvalue weighted by Crippen LogP contribution is -2.62. The Morgan fingerprint density at radius 2 is 1.10 bits per heavy atom. The van der Waals surface area contributed by atoms with Crippen molar-refractivity contribution in [1.29, 1.82) is 0 Å². The fourth-order valence-corrected chi connectivity index (χ4v) is 12.3. The van der Waals surface area contributed by atoms with E-state index in [0.717, 1.165) is 77.2 Å². The summed E-state index contributed by atoms with van der Waals surface area (Å²) in [5.74, 6) is 1.99. The number of piperazine rings is 2. The van der Waals surface area contributed by atoms with Crippen LogP contribution < -0.4 is 16.0 Å². The second-order valence-corrected chi connectivity index (χ2v) is 23.1. The third-order valence-electron chi connectivity index (χ3n) is 16.6. The van der Waals surface area contributed by atoms with Crippen LogP contribution in [0.4, 0.5) is 0 Å². The average Bonchev–Trinajstić information content (AvgIpc) is 3.33. The fourth-order valence-electron chi connectivity index (χ4n) is 12.3. The number of carbonyl (C=O) groups excluding carboxylic acids is 6. The molecule has 6 atom stereocenters. The molecule has 3 N–H and O–H groups in total. The molecule has 1 saturated carbocycles. The normalized spacial score (nSPS) is 23.4. The Kier molecular flexibility index (Phi) is 23.1. The van der Waals surface area contributed by atoms with E-state index in [1.807, 2.05) is 19.6 Å². The van der Waals surface area contributed by atoms with Crippen LogP contribution in [0.25, 0.3) is 0 Å². The van der Waals surface area contributed by atoms with Gasteiger partial charge >= 0.3 is 0 Å². The number of amides is 6. The SMILES string of the molecule is CCC(CC)NC(=O)CC1CCN(C(=O)[C@H](CC(C)CCC(C)C[C@@H]2NCCN([C@@H](CC(C)C)C(=O)N3CCC(CC(=O)N(CC)C4CCCCC4)CC3)C2=O)N2CCN[C@@H](CC(C)C)C2=O)CC1. The molecule has 0 aromatic heterocycles. The van der Waals surface area contributed by atoms with Gasteiger partial charge < -0.3 is 40.4 Å². The van der Waals surface area contributed by atoms with Crippen LogP contribution in [0.1, 0.15) is 184 Å². The molecule has 0 bridgehead atoms. The van der Waals surface area contributed by atoms with Gasteiger partial charge in [-0.2, -0.15) is 0 Å². The van der Waals surface area contributed by atoms with Crippen LogP contribution in [-0.2, 0) is 28.8 Å². The van der Waals surface area contributed by atoms with Crippen LogP contribution in [0, 0.1) is 35.5 Å². The van der Waals surface area contributed by atoms with E-state index in [1.165, 1.54) is 19.3 Å². The number of carbonyl (C=O) groups is 6. The summed E-state index contributed by atoms with van der Waals surface area (Å²) >= 11 is 0. The van der Waals surface area contributed by atoms with E-state index in [1.54, 1.807) is 0 Å². The van der Waals surface area contributed by atoms with Gasteiger partial charge in [0, 0.05) is 83.8 Å². The quantitative estimate of drug-likeness (QED) is 0.0936. The minimum absolute atomic E-state index is 0.0114. The molecule has 5 rings (SSSR count). The van der Waals surface area contributed by atoms with Crippen LogP contribution in [0.2, 0.25) is 0 Å². The maximum Gasteiger partial charge on any atom is 0.245 e. The third-order valence-corrected chi connectivity index (χ3v) is 16.6. The molecule has 0 radical (unpaired) electrons. The van der Waals surface area contributed by atoms with E-state index >= 15 is 0 Å². The molecule has 4 saturated heterocycles. The fraction of sp³-hybridized carbons (Fsp3) is 0.891. The summed E-state index contributed by atoms with van der Waals surface area (Å²) in [4.78, 5) is 93.4. The number of nitrogens with zero attached hydrogens (tertiary/aromatic N) is 5. The van der Waals surface area contributed by atoms with Crippen molar-refractivity contribution < 1.29 is 28.8 Å². The van der Waals surface area contributed by atoms with Gasteiger partial charge in [-0.3, -0.25) is 28.8 Å². The zero-order valence-electron chi connectivity index (χ0n) is 44.9. The van der Waals surface area contributed by atoms with E-state index < -0.39 is 12.1 Å². The highest BCUT2D eigenvalue weighted by molar-refractivity contribution is 5.91. The largest absolute Gasteiger partial charge is 0.353 e. The zero-order chi connectivity index (χ0) is 50.2. The summed E-state index contributed by atoms with van der Waals surface area (Å²) in [5.41, 5.74) is 0. The molecule has 0 aromatic rings. The van der Waals surface area contributed by atoms with Crippen molar-refractivity contribution in [2.45, 2.75) is 221 Å². The second kappa shape index (κ2) is 28.1. The number of piperidine rings is 2. The van der Waals surface area contributed by atoms with Gasteiger partial charge in [0.2, 0.25) is 35.4 Å². The van der Waals surface area contributed by atoms with E-state index in [9.17, 15) is 28.8 Å². The van der Waals surface area contributed by atoms with Crippen LogP contribution in [-0.4, -0.2) is 155 Å². The zero-order valence-corrected chi connectivity index (χ0v) is 44.9. The van der Waals surface area contributed by atoms with Crippen LogP contribution in [0.5, 0.6) is 0 Å². The number of likely N-dealkylation sites (tertiary alicyclic amines) is 2. The summed E-state index contributed by atoms with van der Waals surface area (Å²) in [6.07, 6.45) is 16.3. The highest BCUT2D eigenvalue weighted by Gasteiger charge is 2.42. The van der Waals surface area contributed by atoms with Crippen LogP contribution >= 0.6 is 0 Å². The first kappa shape index (κ1) is 56.7. The number of nitrogens with one attached hydrogen (secondary N) is 3. The van der Waals surface area contributed by atoms with Gasteiger partial charge in [-0.05, 0) is 119 Å². The Labute approximate surface area is 418 Å². The van der Waals surface area contributed by atoms with Crippen molar-refractivity contribution in [1.82, 2.24) is 40.4 Å². The molecule has 0 spiro atoms. The summed E-state index contributed by atoms with van der Waals surface area (Å²) in [6.45, 7) is 24.7. The summed E-state index contributed by atoms with van der Waals surface area (Å²) < 4.78 is 0. The summed E-state index contributed by atoms with van der Waals surface area (Å²) in [6, 6.07) is -1.11. The molecule has 1 aliphatic carbocycles. The van der Waals surface area contributed by atoms with Gasteiger partial charge in [0.05, 0.1) is 12.1 Å². The van der Waals surface area contributed by atoms with Crippen molar-refractivity contribution in [2.24, 2.45) is 35.5 Å². The minimum Gasteiger partial charge on any atom is -0.353 e. The predicted molar refractivity (Wildman–Crippen MR) is 275 cm³/mol. The first-order chi connectivity index (χ1) is 33.0. The van der Waals surface area contributed by atoms with Gasteiger partial charge in [-0.1, -0.05) is 87.5 Å². The smallest absolute Gasteiger partial charge is 0.245 e. The Morgan fingerprint density at radius 3 is 1.59 bits per heavy atom. The molecule has 6 amide bonds. The van der Waals surface area contributed by atoms with Gasteiger partial charge in [0.25, 0.3) is 0 Å². The molecule has 2 unspecified atom stereocenters. The molecule has 14 nitrogen and oxygen atoms in total. The van der Waals surface area contributed by atoms with Crippen molar-refractivity contribution in [2.75, 3.05) is 58.9 Å². The van der Waals surface area contributed by atoms with E-state index in [-0.39, 0.29) is 83.2 Å². The molecule has 394 valence electrons. The molecular formula is C55H98N8O6. The topological polar surface area (TPSA) is 155 Å². The molecule has 69 heavy (non-hydrogen) atoms. The first-order valence-corrected chi connectivity index (χ1v) is 28.3. The maximum atomic E-state index is 14.6. The first-order valence-electron chi connectivity index (χ1n) is 28.3. The molecule has 4 heterocycles. The van der Waals surface area contributed by atoms with Crippen molar-refractivity contribution in [3.8, 4) is 0 Å². The average molecular weight is 967 g/mol. The lowest BCUT2D eigenvalue weighted by molar-refractivity contribution is -0.150. The van der Waals surface area contributed by atoms with Crippen molar-refractivity contribution in [3.63, 3.8) is 0 Å². The molecule has 0 aromatic carbocycles. The summed E-state index contributed by atoms with van der Waals surface area (Å²) in [7, 11) is 0. The molecule has 5 aliphatic rings. The number of hydrogen-bond donors (Lipinski definition) is 3. The van der Waals surface area contributed by atoms with Gasteiger partial charge in [-0.25, -0.2) is 0 Å². The Hall–Kier alpha value is -3.26. The Morgan fingerprint density at radius 1 is 0.609 bits per heavy atom.